The van der Waals surface area contributed by atoms with Crippen molar-refractivity contribution in [2.75, 3.05) is 0 Å². The Labute approximate surface area is 124 Å². The molecule has 3 heteroatoms. The minimum absolute atomic E-state index is 0.112. The van der Waals surface area contributed by atoms with Crippen LogP contribution in [0.1, 0.15) is 44.9 Å². The van der Waals surface area contributed by atoms with Gasteiger partial charge in [0.05, 0.1) is 11.8 Å². The Morgan fingerprint density at radius 2 is 1.38 bits per heavy atom. The van der Waals surface area contributed by atoms with Crippen molar-refractivity contribution < 1.29 is 14.3 Å². The quantitative estimate of drug-likeness (QED) is 0.390. The molecule has 0 amide bonds. The lowest BCUT2D eigenvalue weighted by atomic mass is 9.69. The highest BCUT2D eigenvalue weighted by Crippen LogP contribution is 2.77. The van der Waals surface area contributed by atoms with Crippen LogP contribution in [0.3, 0.4) is 0 Å². The molecule has 0 radical (unpaired) electrons. The SMILES string of the molecule is O=C1OC(=O)[C@H]2[C@@H]1[C@H]1C3=C([C@H]4CC[C@H]3C4)[C@H]2C12CCCC2. The maximum Gasteiger partial charge on any atom is 0.318 e. The van der Waals surface area contributed by atoms with E-state index in [2.05, 4.69) is 0 Å². The minimum atomic E-state index is -0.196. The standard InChI is InChI=1S/C18H20O3/c19-16-12-13(17(20)21-16)15-11-9-4-3-8(7-9)10(11)14(12)18(15)5-1-2-6-18/h8-9,12-15H,1-7H2/t8-,9-,12-,13+,14+,15+/m0/s1. The number of hydrogen-bond acceptors (Lipinski definition) is 3. The van der Waals surface area contributed by atoms with Crippen molar-refractivity contribution in [2.24, 2.45) is 40.9 Å². The summed E-state index contributed by atoms with van der Waals surface area (Å²) in [5.74, 6) is 1.61. The number of allylic oxidation sites excluding steroid dienone is 2. The van der Waals surface area contributed by atoms with Gasteiger partial charge in [0.1, 0.15) is 0 Å². The van der Waals surface area contributed by atoms with Crippen molar-refractivity contribution in [2.45, 2.75) is 44.9 Å². The van der Waals surface area contributed by atoms with Gasteiger partial charge in [-0.1, -0.05) is 24.0 Å². The van der Waals surface area contributed by atoms with Gasteiger partial charge < -0.3 is 4.74 Å². The lowest BCUT2D eigenvalue weighted by Crippen LogP contribution is -2.31. The van der Waals surface area contributed by atoms with E-state index < -0.39 is 0 Å². The van der Waals surface area contributed by atoms with E-state index in [4.69, 9.17) is 4.74 Å². The fraction of sp³-hybridized carbons (Fsp3) is 0.778. The fourth-order valence-corrected chi connectivity index (χ4v) is 7.67. The summed E-state index contributed by atoms with van der Waals surface area (Å²) >= 11 is 0. The Morgan fingerprint density at radius 1 is 0.857 bits per heavy atom. The molecular formula is C18H20O3. The second-order valence-corrected chi connectivity index (χ2v) is 8.30. The highest BCUT2D eigenvalue weighted by Gasteiger charge is 2.75. The van der Waals surface area contributed by atoms with E-state index in [1.807, 2.05) is 0 Å². The van der Waals surface area contributed by atoms with Crippen LogP contribution in [-0.2, 0) is 14.3 Å². The fourth-order valence-electron chi connectivity index (χ4n) is 7.67. The van der Waals surface area contributed by atoms with Gasteiger partial charge in [-0.2, -0.15) is 0 Å². The summed E-state index contributed by atoms with van der Waals surface area (Å²) < 4.78 is 5.06. The zero-order valence-corrected chi connectivity index (χ0v) is 12.1. The van der Waals surface area contributed by atoms with Crippen LogP contribution in [0, 0.1) is 40.9 Å². The summed E-state index contributed by atoms with van der Waals surface area (Å²) in [5.41, 5.74) is 3.59. The first kappa shape index (κ1) is 11.4. The number of hydrogen-bond donors (Lipinski definition) is 0. The van der Waals surface area contributed by atoms with E-state index in [1.54, 1.807) is 11.1 Å². The third-order valence-electron chi connectivity index (χ3n) is 7.94. The second kappa shape index (κ2) is 3.28. The minimum Gasteiger partial charge on any atom is -0.393 e. The van der Waals surface area contributed by atoms with Crippen molar-refractivity contribution in [1.82, 2.24) is 0 Å². The van der Waals surface area contributed by atoms with E-state index in [-0.39, 0.29) is 29.2 Å². The Morgan fingerprint density at radius 3 is 1.90 bits per heavy atom. The number of carbonyl (C=O) groups excluding carboxylic acids is 2. The zero-order chi connectivity index (χ0) is 13.9. The molecule has 3 nitrogen and oxygen atoms in total. The van der Waals surface area contributed by atoms with Gasteiger partial charge in [-0.25, -0.2) is 0 Å². The van der Waals surface area contributed by atoms with Gasteiger partial charge in [-0.3, -0.25) is 9.59 Å². The van der Waals surface area contributed by atoms with Crippen LogP contribution in [0.2, 0.25) is 0 Å². The number of ether oxygens (including phenoxy) is 1. The normalized spacial score (nSPS) is 51.2. The molecule has 6 rings (SSSR count). The van der Waals surface area contributed by atoms with Crippen molar-refractivity contribution in [3.8, 4) is 0 Å². The lowest BCUT2D eigenvalue weighted by molar-refractivity contribution is -0.155. The van der Waals surface area contributed by atoms with Crippen LogP contribution < -0.4 is 0 Å². The molecule has 21 heavy (non-hydrogen) atoms. The molecule has 4 bridgehead atoms. The van der Waals surface area contributed by atoms with Gasteiger partial charge >= 0.3 is 11.9 Å². The van der Waals surface area contributed by atoms with E-state index in [0.29, 0.717) is 11.8 Å². The van der Waals surface area contributed by atoms with Crippen LogP contribution in [-0.4, -0.2) is 11.9 Å². The second-order valence-electron chi connectivity index (χ2n) is 8.30. The molecule has 0 aromatic carbocycles. The van der Waals surface area contributed by atoms with Gasteiger partial charge in [0.2, 0.25) is 0 Å². The van der Waals surface area contributed by atoms with Crippen LogP contribution in [0.4, 0.5) is 0 Å². The molecule has 6 atom stereocenters. The van der Waals surface area contributed by atoms with E-state index >= 15 is 0 Å². The van der Waals surface area contributed by atoms with E-state index in [9.17, 15) is 9.59 Å². The smallest absolute Gasteiger partial charge is 0.318 e. The van der Waals surface area contributed by atoms with Gasteiger partial charge in [-0.05, 0) is 49.4 Å². The summed E-state index contributed by atoms with van der Waals surface area (Å²) in [4.78, 5) is 24.7. The molecule has 0 aromatic rings. The van der Waals surface area contributed by atoms with Gasteiger partial charge in [-0.15, -0.1) is 0 Å². The lowest BCUT2D eigenvalue weighted by Gasteiger charge is -2.34. The Balaban J connectivity index is 1.60. The first-order valence-corrected chi connectivity index (χ1v) is 8.72. The number of cyclic esters (lactones) is 2. The zero-order valence-electron chi connectivity index (χ0n) is 12.1. The topological polar surface area (TPSA) is 43.4 Å². The molecule has 3 saturated carbocycles. The summed E-state index contributed by atoms with van der Waals surface area (Å²) in [7, 11) is 0. The van der Waals surface area contributed by atoms with Crippen molar-refractivity contribution in [3.05, 3.63) is 11.1 Å². The molecule has 1 heterocycles. The maximum atomic E-state index is 12.3. The molecular weight excluding hydrogens is 264 g/mol. The van der Waals surface area contributed by atoms with Gasteiger partial charge in [0.15, 0.2) is 0 Å². The molecule has 1 saturated heterocycles. The molecule has 0 aromatic heterocycles. The van der Waals surface area contributed by atoms with Crippen LogP contribution >= 0.6 is 0 Å². The first-order chi connectivity index (χ1) is 10.2. The Bertz CT molecular complexity index is 578. The van der Waals surface area contributed by atoms with Crippen LogP contribution in [0.25, 0.3) is 0 Å². The number of rotatable bonds is 0. The molecule has 1 spiro atoms. The monoisotopic (exact) mass is 284 g/mol. The summed E-state index contributed by atoms with van der Waals surface area (Å²) in [6.45, 7) is 0. The number of fused-ring (bicyclic) bond motifs is 9. The summed E-state index contributed by atoms with van der Waals surface area (Å²) in [6, 6.07) is 0. The molecule has 5 aliphatic carbocycles. The highest BCUT2D eigenvalue weighted by molar-refractivity contribution is 5.99. The summed E-state index contributed by atoms with van der Waals surface area (Å²) in [6.07, 6.45) is 9.00. The Hall–Kier alpha value is -1.12. The third kappa shape index (κ3) is 1.01. The maximum absolute atomic E-state index is 12.3. The average molecular weight is 284 g/mol. The van der Waals surface area contributed by atoms with Crippen molar-refractivity contribution in [1.29, 1.82) is 0 Å². The molecule has 0 N–H and O–H groups in total. The van der Waals surface area contributed by atoms with Crippen molar-refractivity contribution in [3.63, 3.8) is 0 Å². The van der Waals surface area contributed by atoms with E-state index in [0.717, 1.165) is 11.8 Å². The number of esters is 2. The largest absolute Gasteiger partial charge is 0.393 e. The van der Waals surface area contributed by atoms with Crippen LogP contribution in [0.5, 0.6) is 0 Å². The first-order valence-electron chi connectivity index (χ1n) is 8.72. The van der Waals surface area contributed by atoms with Gasteiger partial charge in [0.25, 0.3) is 0 Å². The van der Waals surface area contributed by atoms with Gasteiger partial charge in [0, 0.05) is 11.8 Å². The Kier molecular flexibility index (Phi) is 1.79. The predicted molar refractivity (Wildman–Crippen MR) is 73.8 cm³/mol. The number of carbonyl (C=O) groups is 2. The highest BCUT2D eigenvalue weighted by atomic mass is 16.6. The average Bonchev–Trinajstić information content (AvgIpc) is 3.25. The molecule has 6 aliphatic rings. The molecule has 0 unspecified atom stereocenters. The van der Waals surface area contributed by atoms with E-state index in [1.165, 1.54) is 44.9 Å². The van der Waals surface area contributed by atoms with Crippen molar-refractivity contribution >= 4 is 11.9 Å². The molecule has 4 fully saturated rings. The van der Waals surface area contributed by atoms with Crippen LogP contribution in [0.15, 0.2) is 11.1 Å². The summed E-state index contributed by atoms with van der Waals surface area (Å²) in [5, 5.41) is 0. The molecule has 110 valence electrons. The third-order valence-corrected chi connectivity index (χ3v) is 7.94. The molecule has 1 aliphatic heterocycles. The predicted octanol–water partition coefficient (Wildman–Crippen LogP) is 2.85.